The molecule has 0 bridgehead atoms. The molecule has 4 nitrogen and oxygen atoms in total. The van der Waals surface area contributed by atoms with Gasteiger partial charge in [-0.2, -0.15) is 0 Å². The average molecular weight is 234 g/mol. The fourth-order valence-electron chi connectivity index (χ4n) is 2.15. The maximum Gasteiger partial charge on any atom is 0.243 e. The van der Waals surface area contributed by atoms with E-state index >= 15 is 0 Å². The van der Waals surface area contributed by atoms with Crippen LogP contribution in [0.3, 0.4) is 0 Å². The number of carbonyl (C=O) groups is 1. The largest absolute Gasteiger partial charge is 0.381 e. The maximum atomic E-state index is 11.7. The number of hydrogen-bond acceptors (Lipinski definition) is 3. The van der Waals surface area contributed by atoms with Crippen LogP contribution in [0.25, 0.3) is 0 Å². The van der Waals surface area contributed by atoms with Crippen molar-refractivity contribution in [2.45, 2.75) is 25.3 Å². The topological polar surface area (TPSA) is 64.3 Å². The highest BCUT2D eigenvalue weighted by Gasteiger charge is 2.38. The number of amides is 1. The zero-order valence-electron chi connectivity index (χ0n) is 10.0. The molecule has 1 fully saturated rings. The van der Waals surface area contributed by atoms with Crippen LogP contribution in [0.1, 0.15) is 18.4 Å². The third kappa shape index (κ3) is 2.58. The molecule has 2 rings (SSSR count). The highest BCUT2D eigenvalue weighted by molar-refractivity contribution is 5.88. The van der Waals surface area contributed by atoms with Crippen LogP contribution in [0, 0.1) is 6.92 Å². The first-order chi connectivity index (χ1) is 8.12. The summed E-state index contributed by atoms with van der Waals surface area (Å²) >= 11 is 0. The Morgan fingerprint density at radius 2 is 2.12 bits per heavy atom. The Morgan fingerprint density at radius 3 is 2.71 bits per heavy atom. The smallest absolute Gasteiger partial charge is 0.243 e. The van der Waals surface area contributed by atoms with E-state index in [1.807, 2.05) is 31.2 Å². The molecule has 1 heterocycles. The lowest BCUT2D eigenvalue weighted by Gasteiger charge is -2.35. The number of carbonyl (C=O) groups excluding carboxylic acids is 1. The van der Waals surface area contributed by atoms with E-state index in [2.05, 4.69) is 5.32 Å². The van der Waals surface area contributed by atoms with Crippen molar-refractivity contribution in [3.05, 3.63) is 29.8 Å². The van der Waals surface area contributed by atoms with Crippen molar-refractivity contribution < 1.29 is 9.53 Å². The summed E-state index contributed by atoms with van der Waals surface area (Å²) < 4.78 is 5.29. The fraction of sp³-hybridized carbons (Fsp3) is 0.462. The molecule has 92 valence electrons. The van der Waals surface area contributed by atoms with Gasteiger partial charge >= 0.3 is 0 Å². The molecule has 17 heavy (non-hydrogen) atoms. The van der Waals surface area contributed by atoms with E-state index in [4.69, 9.17) is 10.5 Å². The zero-order valence-corrected chi connectivity index (χ0v) is 10.0. The van der Waals surface area contributed by atoms with Crippen molar-refractivity contribution in [1.82, 2.24) is 0 Å². The van der Waals surface area contributed by atoms with E-state index in [1.54, 1.807) is 0 Å². The molecule has 0 saturated carbocycles. The molecule has 0 atom stereocenters. The molecule has 0 unspecified atom stereocenters. The number of anilines is 1. The summed E-state index contributed by atoms with van der Waals surface area (Å²) in [5.41, 5.74) is 6.96. The fourth-order valence-corrected chi connectivity index (χ4v) is 2.15. The number of ether oxygens (including phenoxy) is 1. The second kappa shape index (κ2) is 4.75. The van der Waals surface area contributed by atoms with Crippen molar-refractivity contribution in [3.8, 4) is 0 Å². The molecule has 1 aromatic rings. The van der Waals surface area contributed by atoms with E-state index < -0.39 is 5.54 Å². The molecule has 0 spiro atoms. The summed E-state index contributed by atoms with van der Waals surface area (Å²) in [6, 6.07) is 7.95. The normalized spacial score (nSPS) is 18.6. The predicted molar refractivity (Wildman–Crippen MR) is 66.8 cm³/mol. The summed E-state index contributed by atoms with van der Waals surface area (Å²) in [5.74, 6) is -0.303. The molecule has 0 radical (unpaired) electrons. The van der Waals surface area contributed by atoms with Crippen molar-refractivity contribution >= 4 is 11.6 Å². The standard InChI is InChI=1S/C13H18N2O2/c1-10-3-2-4-11(9-10)15-13(12(14)16)5-7-17-8-6-13/h2-4,9,15H,5-8H2,1H3,(H2,14,16). The number of hydrogen-bond donors (Lipinski definition) is 2. The highest BCUT2D eigenvalue weighted by Crippen LogP contribution is 2.26. The van der Waals surface area contributed by atoms with Gasteiger partial charge in [-0.05, 0) is 24.6 Å². The average Bonchev–Trinajstić information content (AvgIpc) is 2.30. The molecule has 4 heteroatoms. The van der Waals surface area contributed by atoms with Crippen molar-refractivity contribution in [2.24, 2.45) is 5.73 Å². The second-order valence-corrected chi connectivity index (χ2v) is 4.55. The van der Waals surface area contributed by atoms with E-state index in [0.717, 1.165) is 11.3 Å². The van der Waals surface area contributed by atoms with E-state index in [0.29, 0.717) is 26.1 Å². The molecule has 1 aliphatic heterocycles. The quantitative estimate of drug-likeness (QED) is 0.831. The minimum atomic E-state index is -0.661. The minimum Gasteiger partial charge on any atom is -0.381 e. The van der Waals surface area contributed by atoms with Gasteiger partial charge in [0.15, 0.2) is 0 Å². The molecule has 1 amide bonds. The van der Waals surface area contributed by atoms with Crippen LogP contribution in [0.4, 0.5) is 5.69 Å². The van der Waals surface area contributed by atoms with E-state index in [9.17, 15) is 4.79 Å². The van der Waals surface area contributed by atoms with Gasteiger partial charge in [-0.15, -0.1) is 0 Å². The lowest BCUT2D eigenvalue weighted by atomic mass is 9.89. The van der Waals surface area contributed by atoms with E-state index in [-0.39, 0.29) is 5.91 Å². The van der Waals surface area contributed by atoms with Gasteiger partial charge in [-0.3, -0.25) is 4.79 Å². The number of benzene rings is 1. The summed E-state index contributed by atoms with van der Waals surface area (Å²) in [5, 5.41) is 3.28. The van der Waals surface area contributed by atoms with Crippen molar-refractivity contribution in [1.29, 1.82) is 0 Å². The van der Waals surface area contributed by atoms with Gasteiger partial charge in [0.05, 0.1) is 0 Å². The highest BCUT2D eigenvalue weighted by atomic mass is 16.5. The van der Waals surface area contributed by atoms with Crippen LogP contribution in [0.2, 0.25) is 0 Å². The Balaban J connectivity index is 2.20. The first-order valence-corrected chi connectivity index (χ1v) is 5.85. The summed E-state index contributed by atoms with van der Waals surface area (Å²) in [4.78, 5) is 11.7. The van der Waals surface area contributed by atoms with Gasteiger partial charge in [0.1, 0.15) is 5.54 Å². The van der Waals surface area contributed by atoms with Crippen LogP contribution in [-0.2, 0) is 9.53 Å². The van der Waals surface area contributed by atoms with Gasteiger partial charge in [-0.25, -0.2) is 0 Å². The van der Waals surface area contributed by atoms with E-state index in [1.165, 1.54) is 0 Å². The monoisotopic (exact) mass is 234 g/mol. The van der Waals surface area contributed by atoms with Gasteiger partial charge in [-0.1, -0.05) is 12.1 Å². The van der Waals surface area contributed by atoms with Crippen LogP contribution < -0.4 is 11.1 Å². The number of primary amides is 1. The molecule has 1 saturated heterocycles. The first kappa shape index (κ1) is 11.9. The first-order valence-electron chi connectivity index (χ1n) is 5.85. The predicted octanol–water partition coefficient (Wildman–Crippen LogP) is 1.44. The number of aryl methyl sites for hydroxylation is 1. The Morgan fingerprint density at radius 1 is 1.41 bits per heavy atom. The Bertz CT molecular complexity index is 412. The van der Waals surface area contributed by atoms with Crippen molar-refractivity contribution in [2.75, 3.05) is 18.5 Å². The molecule has 1 aliphatic rings. The number of nitrogens with two attached hydrogens (primary N) is 1. The molecule has 0 aromatic heterocycles. The lowest BCUT2D eigenvalue weighted by molar-refractivity contribution is -0.125. The van der Waals surface area contributed by atoms with Crippen LogP contribution in [-0.4, -0.2) is 24.7 Å². The molecule has 1 aromatic carbocycles. The Hall–Kier alpha value is -1.55. The molecule has 3 N–H and O–H groups in total. The van der Waals surface area contributed by atoms with Crippen molar-refractivity contribution in [3.63, 3.8) is 0 Å². The summed E-state index contributed by atoms with van der Waals surface area (Å²) in [7, 11) is 0. The number of nitrogens with one attached hydrogen (secondary N) is 1. The van der Waals surface area contributed by atoms with Gasteiger partial charge in [0.25, 0.3) is 0 Å². The molecule has 0 aliphatic carbocycles. The Kier molecular flexibility index (Phi) is 3.33. The zero-order chi connectivity index (χ0) is 12.3. The van der Waals surface area contributed by atoms with Gasteiger partial charge < -0.3 is 15.8 Å². The third-order valence-electron chi connectivity index (χ3n) is 3.22. The Labute approximate surface area is 101 Å². The molecular formula is C13H18N2O2. The van der Waals surface area contributed by atoms with Crippen LogP contribution in [0.5, 0.6) is 0 Å². The second-order valence-electron chi connectivity index (χ2n) is 4.55. The van der Waals surface area contributed by atoms with Gasteiger partial charge in [0.2, 0.25) is 5.91 Å². The van der Waals surface area contributed by atoms with Crippen LogP contribution >= 0.6 is 0 Å². The third-order valence-corrected chi connectivity index (χ3v) is 3.22. The summed E-state index contributed by atoms with van der Waals surface area (Å²) in [6.45, 7) is 3.16. The van der Waals surface area contributed by atoms with Crippen LogP contribution in [0.15, 0.2) is 24.3 Å². The van der Waals surface area contributed by atoms with Gasteiger partial charge in [0, 0.05) is 31.7 Å². The number of rotatable bonds is 3. The lowest BCUT2D eigenvalue weighted by Crippen LogP contribution is -2.53. The minimum absolute atomic E-state index is 0.303. The SMILES string of the molecule is Cc1cccc(NC2(C(N)=O)CCOCC2)c1. The maximum absolute atomic E-state index is 11.7. The molecular weight excluding hydrogens is 216 g/mol. The summed E-state index contributed by atoms with van der Waals surface area (Å²) in [6.07, 6.45) is 1.24.